The molecule has 0 fully saturated rings. The first-order chi connectivity index (χ1) is 11.9. The molecule has 0 aliphatic rings. The van der Waals surface area contributed by atoms with E-state index in [0.29, 0.717) is 5.56 Å². The number of para-hydroxylation sites is 1. The first-order valence-corrected chi connectivity index (χ1v) is 7.27. The number of amides is 1. The summed E-state index contributed by atoms with van der Waals surface area (Å²) in [6.45, 7) is 1.27. The summed E-state index contributed by atoms with van der Waals surface area (Å²) in [4.78, 5) is 34.2. The molecule has 0 saturated heterocycles. The lowest BCUT2D eigenvalue weighted by atomic mass is 10.2. The quantitative estimate of drug-likeness (QED) is 0.490. The largest absolute Gasteiger partial charge is 0.477 e. The molecule has 0 unspecified atom stereocenters. The molecule has 0 spiro atoms. The van der Waals surface area contributed by atoms with Crippen LogP contribution in [-0.4, -0.2) is 30.5 Å². The van der Waals surface area contributed by atoms with E-state index in [4.69, 9.17) is 4.74 Å². The molecule has 130 valence electrons. The topological polar surface area (TPSA) is 108 Å². The molecule has 2 rings (SSSR count). The number of nitro groups is 1. The van der Waals surface area contributed by atoms with Gasteiger partial charge in [0.2, 0.25) is 0 Å². The number of methoxy groups -OCH3 is 1. The fraction of sp³-hybridized carbons (Fsp3) is 0.176. The van der Waals surface area contributed by atoms with Crippen LogP contribution in [0.3, 0.4) is 0 Å². The van der Waals surface area contributed by atoms with E-state index in [1.807, 2.05) is 0 Å². The van der Waals surface area contributed by atoms with E-state index in [1.54, 1.807) is 31.2 Å². The Morgan fingerprint density at radius 3 is 2.60 bits per heavy atom. The number of esters is 1. The minimum absolute atomic E-state index is 0.00740. The van der Waals surface area contributed by atoms with Gasteiger partial charge in [0.15, 0.2) is 12.4 Å². The third kappa shape index (κ3) is 4.54. The maximum Gasteiger partial charge on any atom is 0.339 e. The van der Waals surface area contributed by atoms with Crippen LogP contribution in [0.4, 0.5) is 11.4 Å². The Hall–Kier alpha value is -3.42. The Labute approximate surface area is 143 Å². The van der Waals surface area contributed by atoms with Crippen molar-refractivity contribution in [2.75, 3.05) is 19.0 Å². The third-order valence-electron chi connectivity index (χ3n) is 3.28. The Bertz CT molecular complexity index is 819. The number of ether oxygens (including phenoxy) is 2. The molecule has 0 aliphatic carbocycles. The predicted molar refractivity (Wildman–Crippen MR) is 89.7 cm³/mol. The van der Waals surface area contributed by atoms with Gasteiger partial charge in [-0.15, -0.1) is 0 Å². The van der Waals surface area contributed by atoms with Gasteiger partial charge in [-0.3, -0.25) is 14.9 Å². The van der Waals surface area contributed by atoms with E-state index in [1.165, 1.54) is 25.3 Å². The number of hydrogen-bond donors (Lipinski definition) is 1. The molecule has 8 heteroatoms. The van der Waals surface area contributed by atoms with Gasteiger partial charge >= 0.3 is 11.7 Å². The summed E-state index contributed by atoms with van der Waals surface area (Å²) >= 11 is 0. The number of carbonyl (C=O) groups excluding carboxylic acids is 2. The van der Waals surface area contributed by atoms with Crippen molar-refractivity contribution in [3.05, 3.63) is 63.7 Å². The summed E-state index contributed by atoms with van der Waals surface area (Å²) in [6, 6.07) is 10.8. The van der Waals surface area contributed by atoms with Crippen molar-refractivity contribution in [2.45, 2.75) is 6.92 Å². The van der Waals surface area contributed by atoms with Gasteiger partial charge < -0.3 is 14.8 Å². The zero-order valence-corrected chi connectivity index (χ0v) is 13.6. The molecule has 2 aromatic carbocycles. The van der Waals surface area contributed by atoms with E-state index < -0.39 is 23.4 Å². The second-order valence-corrected chi connectivity index (χ2v) is 5.10. The number of hydrogen-bond acceptors (Lipinski definition) is 6. The van der Waals surface area contributed by atoms with Crippen LogP contribution in [0.15, 0.2) is 42.5 Å². The standard InChI is InChI=1S/C17H16N2O6/c1-11-7-8-15(14(9-11)19(22)23)25-10-16(20)18-13-6-4-3-5-12(13)17(21)24-2/h3-9H,10H2,1-2H3,(H,18,20). The number of nitro benzene ring substituents is 1. The first-order valence-electron chi connectivity index (χ1n) is 7.27. The predicted octanol–water partition coefficient (Wildman–Crippen LogP) is 2.71. The summed E-state index contributed by atoms with van der Waals surface area (Å²) in [5, 5.41) is 13.6. The van der Waals surface area contributed by atoms with Crippen molar-refractivity contribution in [3.8, 4) is 5.75 Å². The van der Waals surface area contributed by atoms with Crippen LogP contribution >= 0.6 is 0 Å². The molecular formula is C17H16N2O6. The highest BCUT2D eigenvalue weighted by Gasteiger charge is 2.17. The van der Waals surface area contributed by atoms with Gasteiger partial charge in [0.25, 0.3) is 5.91 Å². The highest BCUT2D eigenvalue weighted by molar-refractivity contribution is 6.01. The lowest BCUT2D eigenvalue weighted by Crippen LogP contribution is -2.22. The van der Waals surface area contributed by atoms with Gasteiger partial charge in [-0.05, 0) is 30.7 Å². The molecule has 25 heavy (non-hydrogen) atoms. The smallest absolute Gasteiger partial charge is 0.339 e. The van der Waals surface area contributed by atoms with Gasteiger partial charge in [-0.2, -0.15) is 0 Å². The zero-order valence-electron chi connectivity index (χ0n) is 13.6. The molecule has 0 heterocycles. The lowest BCUT2D eigenvalue weighted by molar-refractivity contribution is -0.385. The number of rotatable bonds is 6. The molecule has 0 aliphatic heterocycles. The van der Waals surface area contributed by atoms with Crippen LogP contribution in [0.1, 0.15) is 15.9 Å². The lowest BCUT2D eigenvalue weighted by Gasteiger charge is -2.10. The maximum atomic E-state index is 12.0. The molecule has 2 aromatic rings. The fourth-order valence-electron chi connectivity index (χ4n) is 2.10. The zero-order chi connectivity index (χ0) is 18.4. The van der Waals surface area contributed by atoms with Gasteiger partial charge in [0, 0.05) is 6.07 Å². The van der Waals surface area contributed by atoms with E-state index in [-0.39, 0.29) is 22.7 Å². The van der Waals surface area contributed by atoms with Crippen molar-refractivity contribution >= 4 is 23.3 Å². The van der Waals surface area contributed by atoms with Crippen LogP contribution in [-0.2, 0) is 9.53 Å². The third-order valence-corrected chi connectivity index (χ3v) is 3.28. The molecule has 0 bridgehead atoms. The Kier molecular flexibility index (Phi) is 5.67. The second kappa shape index (κ2) is 7.91. The Balaban J connectivity index is 2.08. The van der Waals surface area contributed by atoms with Crippen molar-refractivity contribution in [3.63, 3.8) is 0 Å². The highest BCUT2D eigenvalue weighted by Crippen LogP contribution is 2.27. The number of nitrogens with zero attached hydrogens (tertiary/aromatic N) is 1. The van der Waals surface area contributed by atoms with Gasteiger partial charge in [-0.1, -0.05) is 18.2 Å². The van der Waals surface area contributed by atoms with E-state index in [2.05, 4.69) is 10.1 Å². The maximum absolute atomic E-state index is 12.0. The molecule has 0 saturated carbocycles. The van der Waals surface area contributed by atoms with Crippen LogP contribution in [0, 0.1) is 17.0 Å². The highest BCUT2D eigenvalue weighted by atomic mass is 16.6. The summed E-state index contributed by atoms with van der Waals surface area (Å²) < 4.78 is 9.89. The average Bonchev–Trinajstić information content (AvgIpc) is 2.60. The molecule has 0 aromatic heterocycles. The molecule has 0 radical (unpaired) electrons. The van der Waals surface area contributed by atoms with Crippen molar-refractivity contribution in [2.24, 2.45) is 0 Å². The fourth-order valence-corrected chi connectivity index (χ4v) is 2.10. The molecule has 1 amide bonds. The number of carbonyl (C=O) groups is 2. The van der Waals surface area contributed by atoms with E-state index in [0.717, 1.165) is 0 Å². The van der Waals surface area contributed by atoms with E-state index in [9.17, 15) is 19.7 Å². The molecule has 0 atom stereocenters. The second-order valence-electron chi connectivity index (χ2n) is 5.10. The van der Waals surface area contributed by atoms with Crippen LogP contribution in [0.5, 0.6) is 5.75 Å². The van der Waals surface area contributed by atoms with Gasteiger partial charge in [0.1, 0.15) is 0 Å². The minimum Gasteiger partial charge on any atom is -0.477 e. The first kappa shape index (κ1) is 17.9. The van der Waals surface area contributed by atoms with Crippen molar-refractivity contribution in [1.29, 1.82) is 0 Å². The SMILES string of the molecule is COC(=O)c1ccccc1NC(=O)COc1ccc(C)cc1[N+](=O)[O-]. The minimum atomic E-state index is -0.592. The van der Waals surface area contributed by atoms with Crippen molar-refractivity contribution < 1.29 is 24.0 Å². The normalized spacial score (nSPS) is 10.0. The number of benzene rings is 2. The molecule has 1 N–H and O–H groups in total. The van der Waals surface area contributed by atoms with Gasteiger partial charge in [0.05, 0.1) is 23.3 Å². The van der Waals surface area contributed by atoms with Gasteiger partial charge in [-0.25, -0.2) is 4.79 Å². The summed E-state index contributed by atoms with van der Waals surface area (Å²) in [5.41, 5.74) is 0.944. The number of anilines is 1. The van der Waals surface area contributed by atoms with E-state index >= 15 is 0 Å². The van der Waals surface area contributed by atoms with Crippen LogP contribution in [0.25, 0.3) is 0 Å². The molecular weight excluding hydrogens is 328 g/mol. The monoisotopic (exact) mass is 344 g/mol. The average molecular weight is 344 g/mol. The molecule has 8 nitrogen and oxygen atoms in total. The Morgan fingerprint density at radius 1 is 1.20 bits per heavy atom. The summed E-state index contributed by atoms with van der Waals surface area (Å²) in [6.07, 6.45) is 0. The van der Waals surface area contributed by atoms with Crippen LogP contribution in [0.2, 0.25) is 0 Å². The summed E-state index contributed by atoms with van der Waals surface area (Å²) in [7, 11) is 1.24. The van der Waals surface area contributed by atoms with Crippen LogP contribution < -0.4 is 10.1 Å². The summed E-state index contributed by atoms with van der Waals surface area (Å²) in [5.74, 6) is -1.16. The Morgan fingerprint density at radius 2 is 1.92 bits per heavy atom. The number of aryl methyl sites for hydroxylation is 1. The number of nitrogens with one attached hydrogen (secondary N) is 1. The van der Waals surface area contributed by atoms with Crippen molar-refractivity contribution in [1.82, 2.24) is 0 Å².